The quantitative estimate of drug-likeness (QED) is 0.643. The molecule has 0 aliphatic rings. The fourth-order valence-electron chi connectivity index (χ4n) is 1.43. The van der Waals surface area contributed by atoms with Crippen LogP contribution in [-0.2, 0) is 4.79 Å². The van der Waals surface area contributed by atoms with Crippen molar-refractivity contribution in [1.29, 1.82) is 0 Å². The molecule has 2 amide bonds. The van der Waals surface area contributed by atoms with E-state index in [1.54, 1.807) is 6.92 Å². The summed E-state index contributed by atoms with van der Waals surface area (Å²) in [5, 5.41) is 22.1. The molecular formula is C12H15FN2O4. The predicted molar refractivity (Wildman–Crippen MR) is 66.4 cm³/mol. The number of hydrogen-bond donors (Lipinski definition) is 4. The number of carboxylic acid groups (broad SMARTS) is 1. The number of carbonyl (C=O) groups excluding carboxylic acids is 1. The summed E-state index contributed by atoms with van der Waals surface area (Å²) in [6.07, 6.45) is -0.0921. The number of aryl methyl sites for hydroxylation is 1. The van der Waals surface area contributed by atoms with Gasteiger partial charge in [-0.1, -0.05) is 0 Å². The van der Waals surface area contributed by atoms with E-state index in [-0.39, 0.29) is 13.0 Å². The van der Waals surface area contributed by atoms with Gasteiger partial charge in [-0.05, 0) is 30.7 Å². The number of anilines is 1. The lowest BCUT2D eigenvalue weighted by Gasteiger charge is -2.14. The van der Waals surface area contributed by atoms with Crippen LogP contribution >= 0.6 is 0 Å². The summed E-state index contributed by atoms with van der Waals surface area (Å²) in [4.78, 5) is 22.3. The summed E-state index contributed by atoms with van der Waals surface area (Å²) in [5.41, 5.74) is 0.715. The van der Waals surface area contributed by atoms with Crippen molar-refractivity contribution in [1.82, 2.24) is 5.32 Å². The van der Waals surface area contributed by atoms with Crippen molar-refractivity contribution < 1.29 is 24.2 Å². The number of amides is 2. The van der Waals surface area contributed by atoms with E-state index in [1.807, 2.05) is 0 Å². The second-order valence-electron chi connectivity index (χ2n) is 3.97. The minimum absolute atomic E-state index is 0.0921. The number of rotatable bonds is 5. The highest BCUT2D eigenvalue weighted by molar-refractivity contribution is 5.92. The average Bonchev–Trinajstić information content (AvgIpc) is 2.33. The smallest absolute Gasteiger partial charge is 0.326 e. The Morgan fingerprint density at radius 3 is 2.63 bits per heavy atom. The van der Waals surface area contributed by atoms with E-state index in [9.17, 15) is 14.0 Å². The number of aliphatic carboxylic acids is 1. The van der Waals surface area contributed by atoms with E-state index < -0.39 is 23.9 Å². The number of carboxylic acids is 1. The molecule has 1 aromatic rings. The fourth-order valence-corrected chi connectivity index (χ4v) is 1.43. The van der Waals surface area contributed by atoms with Gasteiger partial charge in [0.25, 0.3) is 0 Å². The monoisotopic (exact) mass is 270 g/mol. The Morgan fingerprint density at radius 2 is 2.11 bits per heavy atom. The number of carbonyl (C=O) groups is 2. The van der Waals surface area contributed by atoms with Crippen LogP contribution in [0.1, 0.15) is 12.0 Å². The third kappa shape index (κ3) is 4.55. The van der Waals surface area contributed by atoms with Crippen LogP contribution in [0.4, 0.5) is 14.9 Å². The molecule has 6 nitrogen and oxygen atoms in total. The average molecular weight is 270 g/mol. The van der Waals surface area contributed by atoms with Crippen LogP contribution in [-0.4, -0.2) is 34.9 Å². The molecule has 1 rings (SSSR count). The van der Waals surface area contributed by atoms with Crippen LogP contribution in [0.3, 0.4) is 0 Å². The lowest BCUT2D eigenvalue weighted by atomic mass is 10.2. The van der Waals surface area contributed by atoms with Crippen LogP contribution < -0.4 is 10.6 Å². The SMILES string of the molecule is Cc1cc(NC(=O)N[C@@H](CCO)C(=O)O)ccc1F. The third-order valence-corrected chi connectivity index (χ3v) is 2.44. The van der Waals surface area contributed by atoms with Crippen LogP contribution in [0.5, 0.6) is 0 Å². The first-order valence-corrected chi connectivity index (χ1v) is 5.61. The van der Waals surface area contributed by atoms with Gasteiger partial charge in [0.1, 0.15) is 11.9 Å². The normalized spacial score (nSPS) is 11.7. The lowest BCUT2D eigenvalue weighted by molar-refractivity contribution is -0.139. The highest BCUT2D eigenvalue weighted by Crippen LogP contribution is 2.13. The zero-order valence-electron chi connectivity index (χ0n) is 10.3. The molecule has 0 heterocycles. The first-order chi connectivity index (χ1) is 8.93. The molecule has 0 fully saturated rings. The van der Waals surface area contributed by atoms with Crippen LogP contribution in [0.15, 0.2) is 18.2 Å². The Morgan fingerprint density at radius 1 is 1.42 bits per heavy atom. The molecule has 7 heteroatoms. The lowest BCUT2D eigenvalue weighted by Crippen LogP contribution is -2.43. The maximum Gasteiger partial charge on any atom is 0.326 e. The van der Waals surface area contributed by atoms with Crippen molar-refractivity contribution in [3.63, 3.8) is 0 Å². The van der Waals surface area contributed by atoms with Crippen LogP contribution in [0.25, 0.3) is 0 Å². The number of aliphatic hydroxyl groups excluding tert-OH is 1. The second-order valence-corrected chi connectivity index (χ2v) is 3.97. The highest BCUT2D eigenvalue weighted by atomic mass is 19.1. The molecule has 0 bridgehead atoms. The number of urea groups is 1. The molecular weight excluding hydrogens is 255 g/mol. The van der Waals surface area contributed by atoms with E-state index in [2.05, 4.69) is 10.6 Å². The van der Waals surface area contributed by atoms with Crippen molar-refractivity contribution in [2.45, 2.75) is 19.4 Å². The molecule has 0 aliphatic carbocycles. The van der Waals surface area contributed by atoms with Crippen molar-refractivity contribution in [2.75, 3.05) is 11.9 Å². The molecule has 0 saturated heterocycles. The predicted octanol–water partition coefficient (Wildman–Crippen LogP) is 1.09. The van der Waals surface area contributed by atoms with Gasteiger partial charge in [-0.2, -0.15) is 0 Å². The molecule has 0 radical (unpaired) electrons. The van der Waals surface area contributed by atoms with Gasteiger partial charge < -0.3 is 20.8 Å². The summed E-state index contributed by atoms with van der Waals surface area (Å²) < 4.78 is 13.0. The van der Waals surface area contributed by atoms with E-state index in [0.717, 1.165) is 0 Å². The third-order valence-electron chi connectivity index (χ3n) is 2.44. The van der Waals surface area contributed by atoms with E-state index >= 15 is 0 Å². The zero-order chi connectivity index (χ0) is 14.4. The van der Waals surface area contributed by atoms with Gasteiger partial charge in [-0.15, -0.1) is 0 Å². The highest BCUT2D eigenvalue weighted by Gasteiger charge is 2.19. The van der Waals surface area contributed by atoms with Gasteiger partial charge in [-0.25, -0.2) is 14.0 Å². The van der Waals surface area contributed by atoms with Crippen LogP contribution in [0, 0.1) is 12.7 Å². The number of benzene rings is 1. The van der Waals surface area contributed by atoms with E-state index in [0.29, 0.717) is 11.3 Å². The summed E-state index contributed by atoms with van der Waals surface area (Å²) in [6, 6.07) is 2.09. The summed E-state index contributed by atoms with van der Waals surface area (Å²) in [7, 11) is 0. The standard InChI is InChI=1S/C12H15FN2O4/c1-7-6-8(2-3-9(7)13)14-12(19)15-10(4-5-16)11(17)18/h2-3,6,10,16H,4-5H2,1H3,(H,17,18)(H2,14,15,19)/t10-/m0/s1. The molecule has 4 N–H and O–H groups in total. The first kappa shape index (κ1) is 14.9. The maximum atomic E-state index is 13.0. The molecule has 1 atom stereocenters. The number of halogens is 1. The van der Waals surface area contributed by atoms with Gasteiger partial charge >= 0.3 is 12.0 Å². The van der Waals surface area contributed by atoms with Crippen molar-refractivity contribution in [3.8, 4) is 0 Å². The van der Waals surface area contributed by atoms with Crippen molar-refractivity contribution >= 4 is 17.7 Å². The van der Waals surface area contributed by atoms with Gasteiger partial charge in [0, 0.05) is 18.7 Å². The molecule has 0 saturated carbocycles. The van der Waals surface area contributed by atoms with Crippen molar-refractivity contribution in [2.24, 2.45) is 0 Å². The van der Waals surface area contributed by atoms with Gasteiger partial charge in [0.05, 0.1) is 0 Å². The molecule has 0 unspecified atom stereocenters. The molecule has 0 aromatic heterocycles. The maximum absolute atomic E-state index is 13.0. The van der Waals surface area contributed by atoms with Gasteiger partial charge in [0.2, 0.25) is 0 Å². The molecule has 19 heavy (non-hydrogen) atoms. The minimum atomic E-state index is -1.24. The molecule has 1 aromatic carbocycles. The Hall–Kier alpha value is -2.15. The topological polar surface area (TPSA) is 98.7 Å². The van der Waals surface area contributed by atoms with E-state index in [4.69, 9.17) is 10.2 Å². The largest absolute Gasteiger partial charge is 0.480 e. The van der Waals surface area contributed by atoms with Crippen molar-refractivity contribution in [3.05, 3.63) is 29.6 Å². The zero-order valence-corrected chi connectivity index (χ0v) is 10.3. The Balaban J connectivity index is 2.63. The Labute approximate surface area is 109 Å². The number of nitrogens with one attached hydrogen (secondary N) is 2. The molecule has 104 valence electrons. The summed E-state index contributed by atoms with van der Waals surface area (Å²) in [5.74, 6) is -1.63. The number of hydrogen-bond acceptors (Lipinski definition) is 3. The van der Waals surface area contributed by atoms with E-state index in [1.165, 1.54) is 18.2 Å². The second kappa shape index (κ2) is 6.69. The Kier molecular flexibility index (Phi) is 5.25. The first-order valence-electron chi connectivity index (χ1n) is 5.61. The summed E-state index contributed by atoms with van der Waals surface area (Å²) >= 11 is 0. The molecule has 0 aliphatic heterocycles. The van der Waals surface area contributed by atoms with Gasteiger partial charge in [-0.3, -0.25) is 0 Å². The fraction of sp³-hybridized carbons (Fsp3) is 0.333. The number of aliphatic hydroxyl groups is 1. The summed E-state index contributed by atoms with van der Waals surface area (Å²) in [6.45, 7) is 1.19. The van der Waals surface area contributed by atoms with Gasteiger partial charge in [0.15, 0.2) is 0 Å². The molecule has 0 spiro atoms. The minimum Gasteiger partial charge on any atom is -0.480 e. The van der Waals surface area contributed by atoms with Crippen LogP contribution in [0.2, 0.25) is 0 Å². The Bertz CT molecular complexity index is 479.